The topological polar surface area (TPSA) is 87.7 Å². The van der Waals surface area contributed by atoms with Gasteiger partial charge in [0.1, 0.15) is 11.3 Å². The van der Waals surface area contributed by atoms with Crippen molar-refractivity contribution in [1.29, 1.82) is 0 Å². The fourth-order valence-electron chi connectivity index (χ4n) is 3.62. The number of urea groups is 1. The van der Waals surface area contributed by atoms with Crippen LogP contribution in [0.1, 0.15) is 45.4 Å². The van der Waals surface area contributed by atoms with Gasteiger partial charge in [0, 0.05) is 18.7 Å². The van der Waals surface area contributed by atoms with E-state index in [9.17, 15) is 14.4 Å². The van der Waals surface area contributed by atoms with Crippen molar-refractivity contribution in [3.63, 3.8) is 0 Å². The minimum Gasteiger partial charge on any atom is -0.494 e. The number of carbonyl (C=O) groups excluding carboxylic acids is 3. The zero-order valence-electron chi connectivity index (χ0n) is 15.0. The van der Waals surface area contributed by atoms with Gasteiger partial charge in [-0.05, 0) is 50.5 Å². The van der Waals surface area contributed by atoms with Crippen LogP contribution in [-0.4, -0.2) is 41.4 Å². The molecule has 2 fully saturated rings. The van der Waals surface area contributed by atoms with Crippen LogP contribution >= 0.6 is 0 Å². The predicted octanol–water partition coefficient (Wildman–Crippen LogP) is 2.67. The first-order valence-corrected chi connectivity index (χ1v) is 9.21. The Kier molecular flexibility index (Phi) is 5.44. The van der Waals surface area contributed by atoms with Gasteiger partial charge >= 0.3 is 6.03 Å². The molecule has 26 heavy (non-hydrogen) atoms. The van der Waals surface area contributed by atoms with E-state index in [0.717, 1.165) is 18.6 Å². The fourth-order valence-corrected chi connectivity index (χ4v) is 3.62. The summed E-state index contributed by atoms with van der Waals surface area (Å²) in [5, 5.41) is 5.66. The zero-order valence-corrected chi connectivity index (χ0v) is 15.0. The molecule has 1 heterocycles. The first-order chi connectivity index (χ1) is 12.5. The molecule has 1 aliphatic carbocycles. The van der Waals surface area contributed by atoms with Gasteiger partial charge in [0.15, 0.2) is 0 Å². The van der Waals surface area contributed by atoms with Crippen molar-refractivity contribution >= 4 is 23.5 Å². The lowest BCUT2D eigenvalue weighted by Crippen LogP contribution is -2.44. The highest BCUT2D eigenvalue weighted by molar-refractivity contribution is 6.07. The summed E-state index contributed by atoms with van der Waals surface area (Å²) in [5.74, 6) is 0.480. The minimum absolute atomic E-state index is 0.132. The molecule has 1 aromatic carbocycles. The van der Waals surface area contributed by atoms with E-state index < -0.39 is 5.54 Å². The van der Waals surface area contributed by atoms with Gasteiger partial charge in [-0.3, -0.25) is 14.5 Å². The first kappa shape index (κ1) is 18.2. The molecule has 2 aliphatic rings. The van der Waals surface area contributed by atoms with Gasteiger partial charge < -0.3 is 15.4 Å². The van der Waals surface area contributed by atoms with Crippen molar-refractivity contribution in [2.45, 2.75) is 51.0 Å². The van der Waals surface area contributed by atoms with Crippen LogP contribution < -0.4 is 15.4 Å². The van der Waals surface area contributed by atoms with Crippen LogP contribution in [0.5, 0.6) is 5.75 Å². The maximum Gasteiger partial charge on any atom is 0.325 e. The molecular formula is C19H25N3O4. The van der Waals surface area contributed by atoms with Gasteiger partial charge in [-0.15, -0.1) is 0 Å². The molecule has 0 atom stereocenters. The molecule has 0 bridgehead atoms. The zero-order chi connectivity index (χ0) is 18.6. The number of rotatable bonds is 7. The third-order valence-electron chi connectivity index (χ3n) is 4.94. The van der Waals surface area contributed by atoms with Gasteiger partial charge in [-0.1, -0.05) is 12.8 Å². The van der Waals surface area contributed by atoms with Crippen LogP contribution in [0.15, 0.2) is 24.3 Å². The quantitative estimate of drug-likeness (QED) is 0.733. The Morgan fingerprint density at radius 3 is 2.58 bits per heavy atom. The molecule has 1 spiro atoms. The molecule has 0 unspecified atom stereocenters. The smallest absolute Gasteiger partial charge is 0.325 e. The van der Waals surface area contributed by atoms with Crippen LogP contribution in [0, 0.1) is 0 Å². The van der Waals surface area contributed by atoms with Gasteiger partial charge in [-0.2, -0.15) is 0 Å². The summed E-state index contributed by atoms with van der Waals surface area (Å²) in [4.78, 5) is 37.9. The van der Waals surface area contributed by atoms with Crippen LogP contribution in [0.25, 0.3) is 0 Å². The van der Waals surface area contributed by atoms with E-state index in [0.29, 0.717) is 31.6 Å². The minimum atomic E-state index is -0.679. The molecule has 7 nitrogen and oxygen atoms in total. The largest absolute Gasteiger partial charge is 0.494 e. The summed E-state index contributed by atoms with van der Waals surface area (Å²) in [5.41, 5.74) is 0.0140. The summed E-state index contributed by atoms with van der Waals surface area (Å²) >= 11 is 0. The van der Waals surface area contributed by atoms with Crippen molar-refractivity contribution in [3.05, 3.63) is 24.3 Å². The third-order valence-corrected chi connectivity index (χ3v) is 4.94. The van der Waals surface area contributed by atoms with E-state index >= 15 is 0 Å². The Balaban J connectivity index is 1.45. The Morgan fingerprint density at radius 2 is 1.92 bits per heavy atom. The molecule has 2 N–H and O–H groups in total. The van der Waals surface area contributed by atoms with Crippen molar-refractivity contribution < 1.29 is 19.1 Å². The fraction of sp³-hybridized carbons (Fsp3) is 0.526. The number of anilines is 1. The highest BCUT2D eigenvalue weighted by Gasteiger charge is 2.51. The van der Waals surface area contributed by atoms with Crippen molar-refractivity contribution in [2.75, 3.05) is 18.5 Å². The molecule has 0 aromatic heterocycles. The SMILES string of the molecule is CCOc1ccc(NC(=O)CCCN2C(=O)NC3(CCCC3)C2=O)cc1. The third kappa shape index (κ3) is 3.81. The van der Waals surface area contributed by atoms with Crippen molar-refractivity contribution in [2.24, 2.45) is 0 Å². The standard InChI is InChI=1S/C19H25N3O4/c1-2-26-15-9-7-14(8-10-15)20-16(23)6-5-13-22-17(24)19(21-18(22)25)11-3-4-12-19/h7-10H,2-6,11-13H2,1H3,(H,20,23)(H,21,25). The lowest BCUT2D eigenvalue weighted by atomic mass is 9.98. The summed E-state index contributed by atoms with van der Waals surface area (Å²) in [6.45, 7) is 2.77. The highest BCUT2D eigenvalue weighted by Crippen LogP contribution is 2.35. The number of hydrogen-bond acceptors (Lipinski definition) is 4. The predicted molar refractivity (Wildman–Crippen MR) is 96.9 cm³/mol. The number of amides is 4. The number of imide groups is 1. The second-order valence-corrected chi connectivity index (χ2v) is 6.79. The van der Waals surface area contributed by atoms with Crippen molar-refractivity contribution in [1.82, 2.24) is 10.2 Å². The molecule has 140 valence electrons. The molecule has 1 saturated heterocycles. The second kappa shape index (κ2) is 7.76. The normalized spacial score (nSPS) is 18.3. The van der Waals surface area contributed by atoms with E-state index in [4.69, 9.17) is 4.74 Å². The van der Waals surface area contributed by atoms with Crippen LogP contribution in [-0.2, 0) is 9.59 Å². The Bertz CT molecular complexity index is 681. The molecule has 4 amide bonds. The molecule has 3 rings (SSSR count). The van der Waals surface area contributed by atoms with E-state index in [1.807, 2.05) is 6.92 Å². The molecule has 0 radical (unpaired) electrons. The first-order valence-electron chi connectivity index (χ1n) is 9.21. The lowest BCUT2D eigenvalue weighted by Gasteiger charge is -2.19. The second-order valence-electron chi connectivity index (χ2n) is 6.79. The average molecular weight is 359 g/mol. The summed E-state index contributed by atoms with van der Waals surface area (Å²) in [6, 6.07) is 6.83. The lowest BCUT2D eigenvalue weighted by molar-refractivity contribution is -0.131. The molecular weight excluding hydrogens is 334 g/mol. The average Bonchev–Trinajstić information content (AvgIpc) is 3.17. The number of benzene rings is 1. The van der Waals surface area contributed by atoms with Gasteiger partial charge in [-0.25, -0.2) is 4.79 Å². The van der Waals surface area contributed by atoms with E-state index in [1.54, 1.807) is 24.3 Å². The monoisotopic (exact) mass is 359 g/mol. The number of nitrogens with one attached hydrogen (secondary N) is 2. The van der Waals surface area contributed by atoms with Gasteiger partial charge in [0.25, 0.3) is 5.91 Å². The molecule has 1 aromatic rings. The number of carbonyl (C=O) groups is 3. The van der Waals surface area contributed by atoms with Crippen LogP contribution in [0.4, 0.5) is 10.5 Å². The molecule has 1 saturated carbocycles. The van der Waals surface area contributed by atoms with E-state index in [1.165, 1.54) is 4.90 Å². The van der Waals surface area contributed by atoms with E-state index in [2.05, 4.69) is 10.6 Å². The Hall–Kier alpha value is -2.57. The summed E-state index contributed by atoms with van der Waals surface area (Å²) in [6.07, 6.45) is 4.04. The van der Waals surface area contributed by atoms with Crippen LogP contribution in [0.2, 0.25) is 0 Å². The maximum atomic E-state index is 12.5. The highest BCUT2D eigenvalue weighted by atomic mass is 16.5. The van der Waals surface area contributed by atoms with Crippen LogP contribution in [0.3, 0.4) is 0 Å². The maximum absolute atomic E-state index is 12.5. The van der Waals surface area contributed by atoms with Crippen molar-refractivity contribution in [3.8, 4) is 5.75 Å². The van der Waals surface area contributed by atoms with Gasteiger partial charge in [0.05, 0.1) is 6.61 Å². The Morgan fingerprint density at radius 1 is 1.23 bits per heavy atom. The number of nitrogens with zero attached hydrogens (tertiary/aromatic N) is 1. The number of ether oxygens (including phenoxy) is 1. The summed E-state index contributed by atoms with van der Waals surface area (Å²) in [7, 11) is 0. The van der Waals surface area contributed by atoms with E-state index in [-0.39, 0.29) is 30.8 Å². The summed E-state index contributed by atoms with van der Waals surface area (Å²) < 4.78 is 5.36. The molecule has 7 heteroatoms. The van der Waals surface area contributed by atoms with Gasteiger partial charge in [0.2, 0.25) is 5.91 Å². The molecule has 1 aliphatic heterocycles. The number of hydrogen-bond donors (Lipinski definition) is 2. The Labute approximate surface area is 153 Å².